The lowest BCUT2D eigenvalue weighted by molar-refractivity contribution is 0.414. The number of benzene rings is 1. The molecule has 0 N–H and O–H groups in total. The summed E-state index contributed by atoms with van der Waals surface area (Å²) >= 11 is 3.27. The molecule has 1 unspecified atom stereocenters. The van der Waals surface area contributed by atoms with Gasteiger partial charge in [-0.25, -0.2) is 0 Å². The first kappa shape index (κ1) is 14.2. The van der Waals surface area contributed by atoms with Crippen LogP contribution in [0.25, 0.3) is 10.8 Å². The van der Waals surface area contributed by atoms with Gasteiger partial charge in [-0.1, -0.05) is 6.07 Å². The predicted octanol–water partition coefficient (Wildman–Crippen LogP) is 4.66. The molecule has 1 aromatic carbocycles. The van der Waals surface area contributed by atoms with Gasteiger partial charge in [0.1, 0.15) is 5.75 Å². The molecule has 2 aromatic heterocycles. The Morgan fingerprint density at radius 1 is 1.19 bits per heavy atom. The van der Waals surface area contributed by atoms with Crippen LogP contribution in [-0.2, 0) is 0 Å². The third-order valence-corrected chi connectivity index (χ3v) is 4.85. The largest absolute Gasteiger partial charge is 0.497 e. The van der Waals surface area contributed by atoms with Crippen LogP contribution in [-0.4, -0.2) is 17.3 Å². The molecule has 0 saturated carbocycles. The van der Waals surface area contributed by atoms with Crippen molar-refractivity contribution in [1.82, 2.24) is 10.2 Å². The van der Waals surface area contributed by atoms with Gasteiger partial charge in [0.05, 0.1) is 17.2 Å². The average Bonchev–Trinajstić information content (AvgIpc) is 3.19. The predicted molar refractivity (Wildman–Crippen MR) is 84.9 cm³/mol. The molecule has 4 nitrogen and oxygen atoms in total. The van der Waals surface area contributed by atoms with Gasteiger partial charge in [-0.2, -0.15) is 0 Å². The van der Waals surface area contributed by atoms with Crippen LogP contribution in [0.4, 0.5) is 0 Å². The van der Waals surface area contributed by atoms with Gasteiger partial charge in [-0.15, -0.1) is 33.3 Å². The van der Waals surface area contributed by atoms with Crippen molar-refractivity contribution in [3.05, 3.63) is 47.7 Å². The molecule has 2 heterocycles. The van der Waals surface area contributed by atoms with Crippen LogP contribution in [0.2, 0.25) is 0 Å². The van der Waals surface area contributed by atoms with Crippen molar-refractivity contribution in [2.45, 2.75) is 17.1 Å². The summed E-state index contributed by atoms with van der Waals surface area (Å²) in [6.07, 6.45) is 0. The number of rotatable bonds is 5. The van der Waals surface area contributed by atoms with E-state index in [9.17, 15) is 0 Å². The Bertz CT molecular complexity index is 693. The minimum atomic E-state index is 0.0969. The number of hydrogen-bond acceptors (Lipinski definition) is 6. The highest BCUT2D eigenvalue weighted by Crippen LogP contribution is 2.36. The Balaban J connectivity index is 1.71. The molecule has 6 heteroatoms. The first-order valence-electron chi connectivity index (χ1n) is 6.44. The van der Waals surface area contributed by atoms with E-state index in [0.717, 1.165) is 15.5 Å². The number of ether oxygens (including phenoxy) is 1. The third-order valence-electron chi connectivity index (χ3n) is 2.89. The minimum Gasteiger partial charge on any atom is -0.497 e. The normalized spacial score (nSPS) is 12.3. The van der Waals surface area contributed by atoms with Crippen molar-refractivity contribution in [3.63, 3.8) is 0 Å². The van der Waals surface area contributed by atoms with Crippen LogP contribution < -0.4 is 4.74 Å². The quantitative estimate of drug-likeness (QED) is 0.640. The Morgan fingerprint density at radius 2 is 2.00 bits per heavy atom. The standard InChI is InChI=1S/C15H14N2O2S2/c1-10(21-12-7-5-11(18-2)6-8-12)14-16-17-15(19-14)13-4-3-9-20-13/h3-10H,1-2H3. The molecule has 1 atom stereocenters. The van der Waals surface area contributed by atoms with Gasteiger partial charge >= 0.3 is 0 Å². The molecule has 0 aliphatic carbocycles. The molecule has 0 radical (unpaired) electrons. The van der Waals surface area contributed by atoms with Crippen LogP contribution in [0.3, 0.4) is 0 Å². The molecule has 108 valence electrons. The summed E-state index contributed by atoms with van der Waals surface area (Å²) < 4.78 is 10.9. The first-order chi connectivity index (χ1) is 10.3. The van der Waals surface area contributed by atoms with E-state index in [1.807, 2.05) is 41.8 Å². The summed E-state index contributed by atoms with van der Waals surface area (Å²) in [5.41, 5.74) is 0. The highest BCUT2D eigenvalue weighted by atomic mass is 32.2. The Hall–Kier alpha value is -1.79. The maximum atomic E-state index is 5.75. The molecule has 0 saturated heterocycles. The smallest absolute Gasteiger partial charge is 0.257 e. The van der Waals surface area contributed by atoms with Crippen molar-refractivity contribution in [2.24, 2.45) is 0 Å². The van der Waals surface area contributed by atoms with E-state index in [1.54, 1.807) is 30.2 Å². The van der Waals surface area contributed by atoms with Crippen LogP contribution in [0, 0.1) is 0 Å². The maximum Gasteiger partial charge on any atom is 0.257 e. The third kappa shape index (κ3) is 3.28. The zero-order chi connectivity index (χ0) is 14.7. The molecule has 0 bridgehead atoms. The highest BCUT2D eigenvalue weighted by molar-refractivity contribution is 7.99. The Labute approximate surface area is 131 Å². The summed E-state index contributed by atoms with van der Waals surface area (Å²) in [7, 11) is 1.66. The summed E-state index contributed by atoms with van der Waals surface area (Å²) in [5, 5.41) is 10.3. The van der Waals surface area contributed by atoms with E-state index in [1.165, 1.54) is 0 Å². The van der Waals surface area contributed by atoms with E-state index >= 15 is 0 Å². The fourth-order valence-electron chi connectivity index (χ4n) is 1.81. The monoisotopic (exact) mass is 318 g/mol. The van der Waals surface area contributed by atoms with E-state index < -0.39 is 0 Å². The van der Waals surface area contributed by atoms with E-state index in [4.69, 9.17) is 9.15 Å². The summed E-state index contributed by atoms with van der Waals surface area (Å²) in [4.78, 5) is 2.13. The molecule has 3 rings (SSSR count). The van der Waals surface area contributed by atoms with Gasteiger partial charge in [0.15, 0.2) is 0 Å². The van der Waals surface area contributed by atoms with Crippen molar-refractivity contribution < 1.29 is 9.15 Å². The zero-order valence-electron chi connectivity index (χ0n) is 11.6. The second kappa shape index (κ2) is 6.32. The molecule has 3 aromatic rings. The van der Waals surface area contributed by atoms with Gasteiger partial charge in [-0.05, 0) is 42.6 Å². The van der Waals surface area contributed by atoms with Crippen LogP contribution >= 0.6 is 23.1 Å². The Kier molecular flexibility index (Phi) is 4.26. The van der Waals surface area contributed by atoms with Crippen LogP contribution in [0.15, 0.2) is 51.1 Å². The molecule has 0 aliphatic rings. The molecular formula is C15H14N2O2S2. The topological polar surface area (TPSA) is 48.2 Å². The SMILES string of the molecule is COc1ccc(SC(C)c2nnc(-c3cccs3)o2)cc1. The van der Waals surface area contributed by atoms with Crippen molar-refractivity contribution in [3.8, 4) is 16.5 Å². The van der Waals surface area contributed by atoms with Crippen molar-refractivity contribution in [1.29, 1.82) is 0 Å². The number of nitrogens with zero attached hydrogens (tertiary/aromatic N) is 2. The number of methoxy groups -OCH3 is 1. The number of thioether (sulfide) groups is 1. The maximum absolute atomic E-state index is 5.75. The van der Waals surface area contributed by atoms with Gasteiger partial charge in [-0.3, -0.25) is 0 Å². The minimum absolute atomic E-state index is 0.0969. The van der Waals surface area contributed by atoms with Gasteiger partial charge < -0.3 is 9.15 Å². The lowest BCUT2D eigenvalue weighted by Crippen LogP contribution is -1.89. The molecular weight excluding hydrogens is 304 g/mol. The lowest BCUT2D eigenvalue weighted by atomic mass is 10.3. The second-order valence-corrected chi connectivity index (χ2v) is 6.72. The van der Waals surface area contributed by atoms with E-state index in [0.29, 0.717) is 11.8 Å². The average molecular weight is 318 g/mol. The van der Waals surface area contributed by atoms with E-state index in [-0.39, 0.29) is 5.25 Å². The highest BCUT2D eigenvalue weighted by Gasteiger charge is 2.16. The zero-order valence-corrected chi connectivity index (χ0v) is 13.3. The van der Waals surface area contributed by atoms with Crippen molar-refractivity contribution >= 4 is 23.1 Å². The molecule has 0 aliphatic heterocycles. The Morgan fingerprint density at radius 3 is 2.67 bits per heavy atom. The molecule has 0 spiro atoms. The fraction of sp³-hybridized carbons (Fsp3) is 0.200. The van der Waals surface area contributed by atoms with Gasteiger partial charge in [0, 0.05) is 4.90 Å². The number of thiophene rings is 1. The van der Waals surface area contributed by atoms with Crippen LogP contribution in [0.1, 0.15) is 18.1 Å². The van der Waals surface area contributed by atoms with Gasteiger partial charge in [0.25, 0.3) is 5.89 Å². The molecule has 0 amide bonds. The first-order valence-corrected chi connectivity index (χ1v) is 8.20. The summed E-state index contributed by atoms with van der Waals surface area (Å²) in [6, 6.07) is 11.9. The summed E-state index contributed by atoms with van der Waals surface area (Å²) in [6.45, 7) is 2.06. The fourth-order valence-corrected chi connectivity index (χ4v) is 3.35. The number of aromatic nitrogens is 2. The van der Waals surface area contributed by atoms with Crippen LogP contribution in [0.5, 0.6) is 5.75 Å². The molecule has 0 fully saturated rings. The molecule has 21 heavy (non-hydrogen) atoms. The van der Waals surface area contributed by atoms with Crippen molar-refractivity contribution in [2.75, 3.05) is 7.11 Å². The second-order valence-electron chi connectivity index (χ2n) is 4.36. The van der Waals surface area contributed by atoms with Gasteiger partial charge in [0.2, 0.25) is 5.89 Å². The lowest BCUT2D eigenvalue weighted by Gasteiger charge is -2.07. The number of hydrogen-bond donors (Lipinski definition) is 0. The van der Waals surface area contributed by atoms with E-state index in [2.05, 4.69) is 17.1 Å². The summed E-state index contributed by atoms with van der Waals surface area (Å²) in [5.74, 6) is 2.08.